The fourth-order valence-corrected chi connectivity index (χ4v) is 4.11. The van der Waals surface area contributed by atoms with Crippen molar-refractivity contribution in [2.24, 2.45) is 0 Å². The molecule has 2 aromatic carbocycles. The van der Waals surface area contributed by atoms with Crippen LogP contribution in [-0.2, 0) is 6.42 Å². The molecule has 1 atom stereocenters. The van der Waals surface area contributed by atoms with E-state index >= 15 is 0 Å². The molecular formula is C23H23NO3S. The van der Waals surface area contributed by atoms with E-state index in [0.717, 1.165) is 39.7 Å². The highest BCUT2D eigenvalue weighted by atomic mass is 32.1. The third kappa shape index (κ3) is 4.37. The summed E-state index contributed by atoms with van der Waals surface area (Å²) in [7, 11) is 0. The lowest BCUT2D eigenvalue weighted by Crippen LogP contribution is -2.28. The number of ether oxygens (including phenoxy) is 2. The zero-order valence-corrected chi connectivity index (χ0v) is 16.6. The molecule has 0 saturated heterocycles. The van der Waals surface area contributed by atoms with Gasteiger partial charge >= 0.3 is 0 Å². The van der Waals surface area contributed by atoms with Crippen molar-refractivity contribution in [2.75, 3.05) is 13.2 Å². The average Bonchev–Trinajstić information content (AvgIpc) is 3.18. The number of thiophene rings is 1. The molecule has 1 aliphatic heterocycles. The standard InChI is InChI=1S/C23H23NO3S/c1-16-7-12-22(28-16)23(25)24-19(10-8-17-5-3-2-4-6-17)18-9-11-20-21(15-18)27-14-13-26-20/h2-7,9,11-12,15,19H,8,10,13-14H2,1H3,(H,24,25). The van der Waals surface area contributed by atoms with Crippen LogP contribution in [0.3, 0.4) is 0 Å². The van der Waals surface area contributed by atoms with Crippen LogP contribution in [0.15, 0.2) is 60.7 Å². The second kappa shape index (κ2) is 8.48. The van der Waals surface area contributed by atoms with Crippen LogP contribution in [0.1, 0.15) is 38.1 Å². The molecular weight excluding hydrogens is 370 g/mol. The van der Waals surface area contributed by atoms with E-state index in [-0.39, 0.29) is 11.9 Å². The van der Waals surface area contributed by atoms with Gasteiger partial charge in [0.2, 0.25) is 0 Å². The van der Waals surface area contributed by atoms with E-state index in [9.17, 15) is 4.79 Å². The van der Waals surface area contributed by atoms with Gasteiger partial charge in [-0.2, -0.15) is 0 Å². The minimum atomic E-state index is -0.106. The van der Waals surface area contributed by atoms with Gasteiger partial charge in [0.25, 0.3) is 5.91 Å². The van der Waals surface area contributed by atoms with Crippen molar-refractivity contribution in [1.29, 1.82) is 0 Å². The monoisotopic (exact) mass is 393 g/mol. The van der Waals surface area contributed by atoms with E-state index < -0.39 is 0 Å². The maximum Gasteiger partial charge on any atom is 0.261 e. The number of aryl methyl sites for hydroxylation is 2. The van der Waals surface area contributed by atoms with E-state index in [0.29, 0.717) is 13.2 Å². The highest BCUT2D eigenvalue weighted by Crippen LogP contribution is 2.34. The summed E-state index contributed by atoms with van der Waals surface area (Å²) in [4.78, 5) is 14.7. The molecule has 0 spiro atoms. The van der Waals surface area contributed by atoms with Crippen molar-refractivity contribution in [3.8, 4) is 11.5 Å². The van der Waals surface area contributed by atoms with Crippen LogP contribution in [-0.4, -0.2) is 19.1 Å². The quantitative estimate of drug-likeness (QED) is 0.646. The topological polar surface area (TPSA) is 47.6 Å². The van der Waals surface area contributed by atoms with Crippen LogP contribution in [0.2, 0.25) is 0 Å². The number of hydrogen-bond acceptors (Lipinski definition) is 4. The molecule has 0 aliphatic carbocycles. The van der Waals surface area contributed by atoms with E-state index in [2.05, 4.69) is 17.4 Å². The van der Waals surface area contributed by atoms with Gasteiger partial charge in [0.05, 0.1) is 10.9 Å². The molecule has 0 saturated carbocycles. The highest BCUT2D eigenvalue weighted by molar-refractivity contribution is 7.13. The molecule has 0 fully saturated rings. The maximum atomic E-state index is 12.8. The van der Waals surface area contributed by atoms with E-state index in [4.69, 9.17) is 9.47 Å². The molecule has 28 heavy (non-hydrogen) atoms. The van der Waals surface area contributed by atoms with E-state index in [1.165, 1.54) is 16.9 Å². The van der Waals surface area contributed by atoms with Crippen LogP contribution in [0.25, 0.3) is 0 Å². The molecule has 5 heteroatoms. The largest absolute Gasteiger partial charge is 0.486 e. The van der Waals surface area contributed by atoms with Gasteiger partial charge in [0.15, 0.2) is 11.5 Å². The summed E-state index contributed by atoms with van der Waals surface area (Å²) in [6, 6.07) is 20.0. The Morgan fingerprint density at radius 1 is 1.04 bits per heavy atom. The number of hydrogen-bond donors (Lipinski definition) is 1. The second-order valence-electron chi connectivity index (χ2n) is 6.86. The molecule has 1 amide bonds. The van der Waals surface area contributed by atoms with E-state index in [1.54, 1.807) is 0 Å². The van der Waals surface area contributed by atoms with Gasteiger partial charge < -0.3 is 14.8 Å². The SMILES string of the molecule is Cc1ccc(C(=O)NC(CCc2ccccc2)c2ccc3c(c2)OCCO3)s1. The smallest absolute Gasteiger partial charge is 0.261 e. The van der Waals surface area contributed by atoms with Crippen LogP contribution >= 0.6 is 11.3 Å². The molecule has 3 aromatic rings. The summed E-state index contributed by atoms with van der Waals surface area (Å²) in [5, 5.41) is 3.22. The minimum absolute atomic E-state index is 0.0361. The molecule has 144 valence electrons. The summed E-state index contributed by atoms with van der Waals surface area (Å²) in [5.41, 5.74) is 2.29. The zero-order valence-electron chi connectivity index (χ0n) is 15.8. The Balaban J connectivity index is 1.56. The molecule has 4 rings (SSSR count). The third-order valence-corrected chi connectivity index (χ3v) is 5.80. The van der Waals surface area contributed by atoms with Crippen LogP contribution in [0.5, 0.6) is 11.5 Å². The number of rotatable bonds is 6. The molecule has 1 aliphatic rings. The van der Waals surface area contributed by atoms with Crippen molar-refractivity contribution < 1.29 is 14.3 Å². The third-order valence-electron chi connectivity index (χ3n) is 4.80. The lowest BCUT2D eigenvalue weighted by molar-refractivity contribution is 0.0938. The fraction of sp³-hybridized carbons (Fsp3) is 0.261. The number of carbonyl (C=O) groups is 1. The first-order valence-electron chi connectivity index (χ1n) is 9.50. The zero-order chi connectivity index (χ0) is 19.3. The van der Waals surface area contributed by atoms with E-state index in [1.807, 2.05) is 55.5 Å². The number of nitrogens with one attached hydrogen (secondary N) is 1. The molecule has 4 nitrogen and oxygen atoms in total. The Morgan fingerprint density at radius 3 is 2.57 bits per heavy atom. The molecule has 1 N–H and O–H groups in total. The van der Waals surface area contributed by atoms with Gasteiger partial charge in [-0.3, -0.25) is 4.79 Å². The second-order valence-corrected chi connectivity index (χ2v) is 8.15. The highest BCUT2D eigenvalue weighted by Gasteiger charge is 2.20. The van der Waals surface area contributed by atoms with Gasteiger partial charge in [-0.15, -0.1) is 11.3 Å². The lowest BCUT2D eigenvalue weighted by Gasteiger charge is -2.23. The summed E-state index contributed by atoms with van der Waals surface area (Å²) in [6.07, 6.45) is 1.68. The van der Waals surface area contributed by atoms with Crippen LogP contribution < -0.4 is 14.8 Å². The average molecular weight is 394 g/mol. The van der Waals surface area contributed by atoms with Gasteiger partial charge in [-0.1, -0.05) is 36.4 Å². The fourth-order valence-electron chi connectivity index (χ4n) is 3.34. The Labute approximate surface area is 169 Å². The maximum absolute atomic E-state index is 12.8. The van der Waals surface area contributed by atoms with Gasteiger partial charge in [0.1, 0.15) is 13.2 Å². The van der Waals surface area contributed by atoms with Gasteiger partial charge in [-0.05, 0) is 55.2 Å². The normalized spacial score (nSPS) is 13.8. The predicted octanol–water partition coefficient (Wildman–Crippen LogP) is 4.93. The molecule has 1 unspecified atom stereocenters. The van der Waals surface area contributed by atoms with Gasteiger partial charge in [-0.25, -0.2) is 0 Å². The predicted molar refractivity (Wildman–Crippen MR) is 111 cm³/mol. The summed E-state index contributed by atoms with van der Waals surface area (Å²) in [6.45, 7) is 3.12. The molecule has 0 radical (unpaired) electrons. The van der Waals surface area contributed by atoms with Crippen molar-refractivity contribution in [1.82, 2.24) is 5.32 Å². The van der Waals surface area contributed by atoms with Crippen molar-refractivity contribution in [2.45, 2.75) is 25.8 Å². The number of amides is 1. The summed E-state index contributed by atoms with van der Waals surface area (Å²) >= 11 is 1.51. The van der Waals surface area contributed by atoms with Crippen molar-refractivity contribution >= 4 is 17.2 Å². The first-order valence-corrected chi connectivity index (χ1v) is 10.3. The summed E-state index contributed by atoms with van der Waals surface area (Å²) in [5.74, 6) is 1.47. The number of fused-ring (bicyclic) bond motifs is 1. The number of benzene rings is 2. The van der Waals surface area contributed by atoms with Crippen LogP contribution in [0, 0.1) is 6.92 Å². The molecule has 1 aromatic heterocycles. The first-order chi connectivity index (χ1) is 13.7. The van der Waals surface area contributed by atoms with Crippen LogP contribution in [0.4, 0.5) is 0 Å². The Bertz CT molecular complexity index is 951. The number of carbonyl (C=O) groups excluding carboxylic acids is 1. The summed E-state index contributed by atoms with van der Waals surface area (Å²) < 4.78 is 11.4. The Hall–Kier alpha value is -2.79. The van der Waals surface area contributed by atoms with Crippen molar-refractivity contribution in [3.05, 3.63) is 81.5 Å². The molecule has 2 heterocycles. The Morgan fingerprint density at radius 2 is 1.82 bits per heavy atom. The first kappa shape index (κ1) is 18.6. The minimum Gasteiger partial charge on any atom is -0.486 e. The molecule has 0 bridgehead atoms. The Kier molecular flexibility index (Phi) is 5.63. The van der Waals surface area contributed by atoms with Gasteiger partial charge in [0, 0.05) is 4.88 Å². The lowest BCUT2D eigenvalue weighted by atomic mass is 9.98. The van der Waals surface area contributed by atoms with Crippen molar-refractivity contribution in [3.63, 3.8) is 0 Å².